The van der Waals surface area contributed by atoms with Crippen LogP contribution in [0.1, 0.15) is 12.5 Å². The molecule has 102 valence electrons. The number of thioether (sulfide) groups is 2. The van der Waals surface area contributed by atoms with Crippen molar-refractivity contribution >= 4 is 55.8 Å². The third-order valence-corrected chi connectivity index (χ3v) is 6.41. The number of nitrogens with zero attached hydrogens (tertiary/aromatic N) is 2. The van der Waals surface area contributed by atoms with Crippen molar-refractivity contribution in [1.29, 1.82) is 0 Å². The summed E-state index contributed by atoms with van der Waals surface area (Å²) in [6.07, 6.45) is 2.13. The summed E-state index contributed by atoms with van der Waals surface area (Å²) in [6.45, 7) is 4.16. The molecule has 0 radical (unpaired) electrons. The average Bonchev–Trinajstić information content (AvgIpc) is 3.12. The number of thiophene rings is 1. The molecule has 0 amide bonds. The molecule has 3 heterocycles. The molecule has 2 aliphatic heterocycles. The molecule has 0 N–H and O–H groups in total. The Labute approximate surface area is 131 Å². The van der Waals surface area contributed by atoms with Crippen LogP contribution in [0.25, 0.3) is 15.8 Å². The lowest BCUT2D eigenvalue weighted by Crippen LogP contribution is -2.19. The summed E-state index contributed by atoms with van der Waals surface area (Å²) >= 11 is 5.46. The molecule has 2 nitrogen and oxygen atoms in total. The molecule has 1 aromatic heterocycles. The maximum absolute atomic E-state index is 4.59. The van der Waals surface area contributed by atoms with E-state index >= 15 is 0 Å². The van der Waals surface area contributed by atoms with Gasteiger partial charge in [-0.3, -0.25) is 4.99 Å². The van der Waals surface area contributed by atoms with Gasteiger partial charge in [0.2, 0.25) is 0 Å². The standard InChI is InChI=1S/C15H14N2S3/c1-9-14(17-6-5-16-15(17)20-9)12-8-19-13-4-3-10(18-2)7-11(12)13/h3-4,7-8H,5-6H2,1-2H3. The molecule has 0 atom stereocenters. The van der Waals surface area contributed by atoms with Gasteiger partial charge in [-0.1, -0.05) is 11.8 Å². The molecule has 0 aliphatic carbocycles. The summed E-state index contributed by atoms with van der Waals surface area (Å²) in [6, 6.07) is 6.77. The molecule has 20 heavy (non-hydrogen) atoms. The summed E-state index contributed by atoms with van der Waals surface area (Å²) in [5.74, 6) is 0. The number of aliphatic imine (C=N–C) groups is 1. The van der Waals surface area contributed by atoms with Crippen LogP contribution in [0.2, 0.25) is 0 Å². The number of allylic oxidation sites excluding steroid dienone is 1. The molecule has 0 spiro atoms. The van der Waals surface area contributed by atoms with E-state index in [2.05, 4.69) is 46.7 Å². The van der Waals surface area contributed by atoms with Gasteiger partial charge < -0.3 is 4.90 Å². The molecule has 5 heteroatoms. The quantitative estimate of drug-likeness (QED) is 0.744. The molecule has 0 saturated carbocycles. The van der Waals surface area contributed by atoms with Crippen LogP contribution < -0.4 is 0 Å². The topological polar surface area (TPSA) is 15.6 Å². The van der Waals surface area contributed by atoms with Gasteiger partial charge in [-0.15, -0.1) is 23.1 Å². The first kappa shape index (κ1) is 12.8. The van der Waals surface area contributed by atoms with Gasteiger partial charge in [-0.05, 0) is 31.4 Å². The van der Waals surface area contributed by atoms with Crippen LogP contribution in [0, 0.1) is 0 Å². The number of amidine groups is 1. The van der Waals surface area contributed by atoms with Crippen LogP contribution in [-0.2, 0) is 0 Å². The van der Waals surface area contributed by atoms with Crippen LogP contribution in [0.3, 0.4) is 0 Å². The first-order valence-electron chi connectivity index (χ1n) is 6.54. The summed E-state index contributed by atoms with van der Waals surface area (Å²) in [5, 5.41) is 4.86. The smallest absolute Gasteiger partial charge is 0.168 e. The van der Waals surface area contributed by atoms with E-state index in [9.17, 15) is 0 Å². The molecule has 0 saturated heterocycles. The molecular formula is C15H14N2S3. The van der Waals surface area contributed by atoms with E-state index in [4.69, 9.17) is 0 Å². The van der Waals surface area contributed by atoms with Gasteiger partial charge in [0.15, 0.2) is 5.17 Å². The number of benzene rings is 1. The zero-order chi connectivity index (χ0) is 13.7. The number of fused-ring (bicyclic) bond motifs is 2. The minimum atomic E-state index is 0.928. The van der Waals surface area contributed by atoms with E-state index < -0.39 is 0 Å². The van der Waals surface area contributed by atoms with Crippen molar-refractivity contribution in [2.75, 3.05) is 19.3 Å². The lowest BCUT2D eigenvalue weighted by molar-refractivity contribution is 0.649. The van der Waals surface area contributed by atoms with E-state index in [1.807, 2.05) is 23.1 Å². The number of hydrogen-bond donors (Lipinski definition) is 0. The van der Waals surface area contributed by atoms with E-state index in [0.29, 0.717) is 0 Å². The molecule has 0 bridgehead atoms. The minimum Gasteiger partial charge on any atom is -0.318 e. The highest BCUT2D eigenvalue weighted by molar-refractivity contribution is 8.17. The van der Waals surface area contributed by atoms with Crippen molar-refractivity contribution in [3.63, 3.8) is 0 Å². The van der Waals surface area contributed by atoms with Crippen LogP contribution in [0.15, 0.2) is 38.4 Å². The summed E-state index contributed by atoms with van der Waals surface area (Å²) in [4.78, 5) is 9.67. The van der Waals surface area contributed by atoms with Crippen molar-refractivity contribution in [3.05, 3.63) is 34.0 Å². The highest BCUT2D eigenvalue weighted by Gasteiger charge is 2.32. The zero-order valence-corrected chi connectivity index (χ0v) is 13.8. The van der Waals surface area contributed by atoms with Gasteiger partial charge in [-0.2, -0.15) is 0 Å². The van der Waals surface area contributed by atoms with Crippen molar-refractivity contribution in [3.8, 4) is 0 Å². The van der Waals surface area contributed by atoms with E-state index in [1.165, 1.54) is 36.3 Å². The Morgan fingerprint density at radius 3 is 3.10 bits per heavy atom. The predicted molar refractivity (Wildman–Crippen MR) is 92.8 cm³/mol. The van der Waals surface area contributed by atoms with Crippen molar-refractivity contribution in [2.24, 2.45) is 4.99 Å². The average molecular weight is 318 g/mol. The Kier molecular flexibility index (Phi) is 3.09. The van der Waals surface area contributed by atoms with Crippen molar-refractivity contribution < 1.29 is 0 Å². The lowest BCUT2D eigenvalue weighted by atomic mass is 10.1. The summed E-state index contributed by atoms with van der Waals surface area (Å²) in [7, 11) is 0. The summed E-state index contributed by atoms with van der Waals surface area (Å²) < 4.78 is 1.37. The fourth-order valence-electron chi connectivity index (χ4n) is 2.75. The van der Waals surface area contributed by atoms with Crippen LogP contribution in [0.5, 0.6) is 0 Å². The van der Waals surface area contributed by atoms with Gasteiger partial charge in [-0.25, -0.2) is 0 Å². The molecule has 2 aliphatic rings. The largest absolute Gasteiger partial charge is 0.318 e. The second-order valence-electron chi connectivity index (χ2n) is 4.83. The Hall–Kier alpha value is -0.910. The maximum atomic E-state index is 4.59. The third-order valence-electron chi connectivity index (χ3n) is 3.69. The molecule has 1 aromatic carbocycles. The van der Waals surface area contributed by atoms with Gasteiger partial charge in [0.1, 0.15) is 0 Å². The first-order valence-corrected chi connectivity index (χ1v) is 9.46. The fraction of sp³-hybridized carbons (Fsp3) is 0.267. The highest BCUT2D eigenvalue weighted by atomic mass is 32.2. The predicted octanol–water partition coefficient (Wildman–Crippen LogP) is 4.73. The van der Waals surface area contributed by atoms with Crippen LogP contribution >= 0.6 is 34.9 Å². The first-order chi connectivity index (χ1) is 9.78. The van der Waals surface area contributed by atoms with Crippen LogP contribution in [-0.4, -0.2) is 29.4 Å². The SMILES string of the molecule is CSc1ccc2scc(C3=C(C)SC4=NCCN43)c2c1. The lowest BCUT2D eigenvalue weighted by Gasteiger charge is -2.16. The van der Waals surface area contributed by atoms with E-state index in [-0.39, 0.29) is 0 Å². The second kappa shape index (κ2) is 4.83. The van der Waals surface area contributed by atoms with Gasteiger partial charge in [0.25, 0.3) is 0 Å². The fourth-order valence-corrected chi connectivity index (χ4v) is 5.16. The van der Waals surface area contributed by atoms with Crippen molar-refractivity contribution in [1.82, 2.24) is 4.90 Å². The molecule has 4 rings (SSSR count). The van der Waals surface area contributed by atoms with Gasteiger partial charge in [0, 0.05) is 37.4 Å². The van der Waals surface area contributed by atoms with Crippen LogP contribution in [0.4, 0.5) is 0 Å². The number of rotatable bonds is 2. The third kappa shape index (κ3) is 1.84. The maximum Gasteiger partial charge on any atom is 0.168 e. The number of hydrogen-bond acceptors (Lipinski definition) is 5. The monoisotopic (exact) mass is 318 g/mol. The Morgan fingerprint density at radius 2 is 2.25 bits per heavy atom. The molecule has 2 aromatic rings. The second-order valence-corrected chi connectivity index (χ2v) is 7.81. The Bertz CT molecular complexity index is 758. The highest BCUT2D eigenvalue weighted by Crippen LogP contribution is 2.44. The zero-order valence-electron chi connectivity index (χ0n) is 11.3. The normalized spacial score (nSPS) is 18.1. The minimum absolute atomic E-state index is 0.928. The van der Waals surface area contributed by atoms with E-state index in [0.717, 1.165) is 13.1 Å². The van der Waals surface area contributed by atoms with Crippen molar-refractivity contribution in [2.45, 2.75) is 11.8 Å². The van der Waals surface area contributed by atoms with E-state index in [1.54, 1.807) is 11.8 Å². The van der Waals surface area contributed by atoms with Gasteiger partial charge in [0.05, 0.1) is 12.2 Å². The molecule has 0 unspecified atom stereocenters. The Balaban J connectivity index is 1.90. The Morgan fingerprint density at radius 1 is 1.35 bits per heavy atom. The van der Waals surface area contributed by atoms with Gasteiger partial charge >= 0.3 is 0 Å². The molecule has 0 fully saturated rings. The molecular weight excluding hydrogens is 304 g/mol. The summed E-state index contributed by atoms with van der Waals surface area (Å²) in [5.41, 5.74) is 2.74.